The molecule has 2 atom stereocenters. The summed E-state index contributed by atoms with van der Waals surface area (Å²) in [6.45, 7) is 2.07. The minimum absolute atomic E-state index is 0.0990. The Kier molecular flexibility index (Phi) is 1.53. The molecule has 2 rings (SSSR count). The van der Waals surface area contributed by atoms with Crippen LogP contribution in [0.2, 0.25) is 0 Å². The summed E-state index contributed by atoms with van der Waals surface area (Å²) in [7, 11) is 0. The normalized spacial score (nSPS) is 44.1. The van der Waals surface area contributed by atoms with Crippen molar-refractivity contribution in [2.45, 2.75) is 50.7 Å². The third kappa shape index (κ3) is 1.32. The molecule has 0 N–H and O–H groups in total. The predicted molar refractivity (Wildman–Crippen MR) is 41.4 cm³/mol. The largest absolute Gasteiger partial charge is 0.371 e. The number of carbonyl (C=O) groups excluding carboxylic acids is 1. The first kappa shape index (κ1) is 7.29. The second-order valence-electron chi connectivity index (χ2n) is 4.00. The Morgan fingerprint density at radius 1 is 1.64 bits per heavy atom. The lowest BCUT2D eigenvalue weighted by molar-refractivity contribution is -0.165. The highest BCUT2D eigenvalue weighted by Crippen LogP contribution is 2.37. The fraction of sp³-hybridized carbons (Fsp3) is 0.889. The fourth-order valence-corrected chi connectivity index (χ4v) is 2.24. The van der Waals surface area contributed by atoms with Gasteiger partial charge in [-0.1, -0.05) is 0 Å². The molecule has 0 aromatic rings. The summed E-state index contributed by atoms with van der Waals surface area (Å²) < 4.78 is 5.76. The summed E-state index contributed by atoms with van der Waals surface area (Å²) in [6, 6.07) is 0. The van der Waals surface area contributed by atoms with Gasteiger partial charge in [-0.15, -0.1) is 0 Å². The van der Waals surface area contributed by atoms with Crippen molar-refractivity contribution in [1.29, 1.82) is 0 Å². The van der Waals surface area contributed by atoms with Crippen LogP contribution in [0.1, 0.15) is 39.0 Å². The van der Waals surface area contributed by atoms with Crippen LogP contribution in [0.15, 0.2) is 0 Å². The Morgan fingerprint density at radius 2 is 2.45 bits per heavy atom. The topological polar surface area (TPSA) is 26.3 Å². The quantitative estimate of drug-likeness (QED) is 0.530. The van der Waals surface area contributed by atoms with Gasteiger partial charge in [0.25, 0.3) is 0 Å². The Hall–Kier alpha value is -0.370. The van der Waals surface area contributed by atoms with Crippen LogP contribution in [0, 0.1) is 0 Å². The second-order valence-corrected chi connectivity index (χ2v) is 4.00. The molecule has 2 heteroatoms. The standard InChI is InChI=1S/C9H14O2/c1-9-4-2-3-8(11-9)5-7(10)6-9/h8H,2-6H2,1H3. The van der Waals surface area contributed by atoms with Crippen molar-refractivity contribution in [2.75, 3.05) is 0 Å². The SMILES string of the molecule is CC12CCCC(CC(=O)C1)O2. The molecule has 0 aromatic carbocycles. The molecule has 0 aliphatic carbocycles. The molecule has 0 aromatic heterocycles. The highest BCUT2D eigenvalue weighted by atomic mass is 16.5. The molecule has 2 heterocycles. The molecule has 0 radical (unpaired) electrons. The lowest BCUT2D eigenvalue weighted by Gasteiger charge is -2.42. The van der Waals surface area contributed by atoms with Crippen molar-refractivity contribution in [2.24, 2.45) is 0 Å². The lowest BCUT2D eigenvalue weighted by Crippen LogP contribution is -2.45. The van der Waals surface area contributed by atoms with Gasteiger partial charge in [0.2, 0.25) is 0 Å². The van der Waals surface area contributed by atoms with Crippen molar-refractivity contribution >= 4 is 5.78 Å². The van der Waals surface area contributed by atoms with E-state index in [4.69, 9.17) is 4.74 Å². The van der Waals surface area contributed by atoms with Gasteiger partial charge in [0.15, 0.2) is 0 Å². The van der Waals surface area contributed by atoms with Crippen LogP contribution in [0.4, 0.5) is 0 Å². The molecule has 0 saturated carbocycles. The molecule has 0 amide bonds. The second kappa shape index (κ2) is 2.31. The van der Waals surface area contributed by atoms with Gasteiger partial charge in [-0.05, 0) is 26.2 Å². The van der Waals surface area contributed by atoms with E-state index in [1.165, 1.54) is 6.42 Å². The smallest absolute Gasteiger partial charge is 0.138 e. The monoisotopic (exact) mass is 154 g/mol. The highest BCUT2D eigenvalue weighted by molar-refractivity contribution is 5.80. The maximum Gasteiger partial charge on any atom is 0.138 e. The molecule has 2 saturated heterocycles. The van der Waals surface area contributed by atoms with Crippen LogP contribution in [0.25, 0.3) is 0 Å². The van der Waals surface area contributed by atoms with E-state index < -0.39 is 0 Å². The van der Waals surface area contributed by atoms with Crippen molar-refractivity contribution in [1.82, 2.24) is 0 Å². The van der Waals surface area contributed by atoms with Crippen LogP contribution in [0.5, 0.6) is 0 Å². The number of ketones is 1. The zero-order chi connectivity index (χ0) is 7.90. The molecular weight excluding hydrogens is 140 g/mol. The van der Waals surface area contributed by atoms with Crippen LogP contribution in [-0.4, -0.2) is 17.5 Å². The maximum absolute atomic E-state index is 11.2. The molecule has 2 fully saturated rings. The minimum atomic E-state index is -0.0990. The van der Waals surface area contributed by atoms with E-state index in [9.17, 15) is 4.79 Å². The van der Waals surface area contributed by atoms with Crippen molar-refractivity contribution in [3.05, 3.63) is 0 Å². The Bertz CT molecular complexity index is 188. The maximum atomic E-state index is 11.2. The average molecular weight is 154 g/mol. The number of rotatable bonds is 0. The first-order valence-corrected chi connectivity index (χ1v) is 4.37. The number of hydrogen-bond donors (Lipinski definition) is 0. The van der Waals surface area contributed by atoms with Crippen LogP contribution in [-0.2, 0) is 9.53 Å². The number of Topliss-reactive ketones (excluding diaryl/α,β-unsaturated/α-hetero) is 1. The first-order valence-electron chi connectivity index (χ1n) is 4.37. The van der Waals surface area contributed by atoms with Crippen molar-refractivity contribution in [3.63, 3.8) is 0 Å². The van der Waals surface area contributed by atoms with E-state index >= 15 is 0 Å². The van der Waals surface area contributed by atoms with Crippen LogP contribution >= 0.6 is 0 Å². The number of hydrogen-bond acceptors (Lipinski definition) is 2. The zero-order valence-corrected chi connectivity index (χ0v) is 6.93. The Morgan fingerprint density at radius 3 is 3.18 bits per heavy atom. The minimum Gasteiger partial charge on any atom is -0.371 e. The Balaban J connectivity index is 2.15. The van der Waals surface area contributed by atoms with E-state index in [-0.39, 0.29) is 11.7 Å². The van der Waals surface area contributed by atoms with Gasteiger partial charge in [-0.2, -0.15) is 0 Å². The van der Waals surface area contributed by atoms with Gasteiger partial charge < -0.3 is 4.74 Å². The molecule has 11 heavy (non-hydrogen) atoms. The summed E-state index contributed by atoms with van der Waals surface area (Å²) in [6.07, 6.45) is 4.93. The molecule has 2 nitrogen and oxygen atoms in total. The summed E-state index contributed by atoms with van der Waals surface area (Å²) in [4.78, 5) is 11.2. The van der Waals surface area contributed by atoms with E-state index in [1.807, 2.05) is 0 Å². The molecule has 2 bridgehead atoms. The first-order chi connectivity index (χ1) is 5.18. The van der Waals surface area contributed by atoms with Gasteiger partial charge in [-0.3, -0.25) is 4.79 Å². The summed E-state index contributed by atoms with van der Waals surface area (Å²) in [5.74, 6) is 0.392. The van der Waals surface area contributed by atoms with Gasteiger partial charge in [0, 0.05) is 12.8 Å². The predicted octanol–water partition coefficient (Wildman–Crippen LogP) is 1.68. The van der Waals surface area contributed by atoms with Gasteiger partial charge in [0.1, 0.15) is 5.78 Å². The number of ether oxygens (including phenoxy) is 1. The van der Waals surface area contributed by atoms with Crippen LogP contribution in [0.3, 0.4) is 0 Å². The lowest BCUT2D eigenvalue weighted by atomic mass is 9.82. The molecule has 2 aliphatic heterocycles. The average Bonchev–Trinajstić information content (AvgIpc) is 1.82. The van der Waals surface area contributed by atoms with E-state index in [1.54, 1.807) is 0 Å². The van der Waals surface area contributed by atoms with Crippen molar-refractivity contribution in [3.8, 4) is 0 Å². The Labute approximate surface area is 66.9 Å². The van der Waals surface area contributed by atoms with E-state index in [2.05, 4.69) is 6.92 Å². The number of fused-ring (bicyclic) bond motifs is 2. The van der Waals surface area contributed by atoms with E-state index in [0.717, 1.165) is 12.8 Å². The van der Waals surface area contributed by atoms with E-state index in [0.29, 0.717) is 18.6 Å². The third-order valence-electron chi connectivity index (χ3n) is 2.71. The van der Waals surface area contributed by atoms with Crippen molar-refractivity contribution < 1.29 is 9.53 Å². The summed E-state index contributed by atoms with van der Waals surface area (Å²) in [5.41, 5.74) is -0.0990. The number of carbonyl (C=O) groups is 1. The fourth-order valence-electron chi connectivity index (χ4n) is 2.24. The molecule has 62 valence electrons. The summed E-state index contributed by atoms with van der Waals surface area (Å²) >= 11 is 0. The van der Waals surface area contributed by atoms with Gasteiger partial charge >= 0.3 is 0 Å². The molecule has 2 aliphatic rings. The zero-order valence-electron chi connectivity index (χ0n) is 6.93. The molecular formula is C9H14O2. The van der Waals surface area contributed by atoms with Gasteiger partial charge in [-0.25, -0.2) is 0 Å². The highest BCUT2D eigenvalue weighted by Gasteiger charge is 2.39. The van der Waals surface area contributed by atoms with Crippen LogP contribution < -0.4 is 0 Å². The third-order valence-corrected chi connectivity index (χ3v) is 2.71. The molecule has 0 spiro atoms. The summed E-state index contributed by atoms with van der Waals surface area (Å²) in [5, 5.41) is 0. The van der Waals surface area contributed by atoms with Gasteiger partial charge in [0.05, 0.1) is 11.7 Å². The molecule has 2 unspecified atom stereocenters.